The van der Waals surface area contributed by atoms with Crippen LogP contribution in [0.2, 0.25) is 0 Å². The standard InChI is InChI=1S/C38H52N10O5/c1-2-33(50)42-20-21-44-38(53)47-37(40)43-18-6-12-32(35(51)45-23-26-13-15-31(49)16-14-26)46-36(52)34(48-24-28-8-3-4-9-29(28)25-48)27-10-5-11-30(22-27)41-19-7-17-39/h3-5,8-11,13-16,22,32,34,41,49H,2,6-7,12,17-21,23-25,39H2,1H3,(H,42,50)(H,45,51)(H,46,52)(H4,40,43,44,47,53)/t32-,34+/m1/s1. The molecule has 0 bridgehead atoms. The molecule has 0 saturated carbocycles. The lowest BCUT2D eigenvalue weighted by Gasteiger charge is -2.29. The zero-order valence-electron chi connectivity index (χ0n) is 30.2. The largest absolute Gasteiger partial charge is 0.508 e. The van der Waals surface area contributed by atoms with Crippen LogP contribution in [-0.4, -0.2) is 78.5 Å². The Balaban J connectivity index is 1.46. The van der Waals surface area contributed by atoms with Gasteiger partial charge in [0.2, 0.25) is 17.7 Å². The minimum absolute atomic E-state index is 0.105. The van der Waals surface area contributed by atoms with Gasteiger partial charge in [0.15, 0.2) is 5.96 Å². The average molecular weight is 729 g/mol. The van der Waals surface area contributed by atoms with Crippen LogP contribution in [-0.2, 0) is 34.0 Å². The highest BCUT2D eigenvalue weighted by Gasteiger charge is 2.34. The Kier molecular flexibility index (Phi) is 15.9. The van der Waals surface area contributed by atoms with Crippen molar-refractivity contribution < 1.29 is 24.3 Å². The highest BCUT2D eigenvalue weighted by molar-refractivity contribution is 5.95. The summed E-state index contributed by atoms with van der Waals surface area (Å²) in [6, 6.07) is 20.2. The van der Waals surface area contributed by atoms with Crippen molar-refractivity contribution in [3.8, 4) is 5.75 Å². The highest BCUT2D eigenvalue weighted by Crippen LogP contribution is 2.33. The lowest BCUT2D eigenvalue weighted by Crippen LogP contribution is -2.50. The number of hydrogen-bond donors (Lipinski definition) is 9. The van der Waals surface area contributed by atoms with E-state index in [1.165, 1.54) is 0 Å². The number of anilines is 1. The molecule has 0 saturated heterocycles. The first-order valence-electron chi connectivity index (χ1n) is 18.0. The number of aliphatic imine (C=N–C) groups is 1. The van der Waals surface area contributed by atoms with Crippen LogP contribution in [0.5, 0.6) is 5.75 Å². The first kappa shape index (κ1) is 40.1. The average Bonchev–Trinajstić information content (AvgIpc) is 3.58. The minimum Gasteiger partial charge on any atom is -0.508 e. The van der Waals surface area contributed by atoms with E-state index in [4.69, 9.17) is 11.5 Å². The predicted octanol–water partition coefficient (Wildman–Crippen LogP) is 1.93. The molecule has 3 aromatic carbocycles. The van der Waals surface area contributed by atoms with Crippen molar-refractivity contribution in [2.45, 2.75) is 64.3 Å². The number of hydrogen-bond acceptors (Lipinski definition) is 9. The minimum atomic E-state index is -0.913. The van der Waals surface area contributed by atoms with Gasteiger partial charge in [-0.3, -0.25) is 29.6 Å². The lowest BCUT2D eigenvalue weighted by atomic mass is 10.0. The molecule has 2 atom stereocenters. The third kappa shape index (κ3) is 13.1. The molecule has 0 aromatic heterocycles. The zero-order chi connectivity index (χ0) is 38.0. The van der Waals surface area contributed by atoms with Gasteiger partial charge in [-0.25, -0.2) is 4.79 Å². The van der Waals surface area contributed by atoms with Crippen LogP contribution in [0.4, 0.5) is 10.5 Å². The Morgan fingerprint density at radius 3 is 2.28 bits per heavy atom. The predicted molar refractivity (Wildman–Crippen MR) is 204 cm³/mol. The van der Waals surface area contributed by atoms with Gasteiger partial charge in [-0.15, -0.1) is 0 Å². The quantitative estimate of drug-likeness (QED) is 0.0499. The first-order chi connectivity index (χ1) is 25.7. The highest BCUT2D eigenvalue weighted by atomic mass is 16.3. The van der Waals surface area contributed by atoms with Gasteiger partial charge < -0.3 is 43.2 Å². The van der Waals surface area contributed by atoms with Gasteiger partial charge in [-0.05, 0) is 72.3 Å². The van der Waals surface area contributed by atoms with Crippen LogP contribution < -0.4 is 43.4 Å². The van der Waals surface area contributed by atoms with Gasteiger partial charge in [0, 0.05) is 57.9 Å². The van der Waals surface area contributed by atoms with E-state index in [2.05, 4.69) is 53.9 Å². The molecule has 0 unspecified atom stereocenters. The van der Waals surface area contributed by atoms with Gasteiger partial charge >= 0.3 is 6.03 Å². The van der Waals surface area contributed by atoms with Crippen LogP contribution in [0.25, 0.3) is 0 Å². The Morgan fingerprint density at radius 2 is 1.58 bits per heavy atom. The molecule has 0 aliphatic carbocycles. The number of fused-ring (bicyclic) bond motifs is 1. The van der Waals surface area contributed by atoms with Crippen LogP contribution in [0.3, 0.4) is 0 Å². The number of benzene rings is 3. The maximum Gasteiger partial charge on any atom is 0.321 e. The van der Waals surface area contributed by atoms with Gasteiger partial charge in [0.1, 0.15) is 17.8 Å². The van der Waals surface area contributed by atoms with Gasteiger partial charge in [-0.2, -0.15) is 0 Å². The number of amides is 5. The molecule has 15 heteroatoms. The monoisotopic (exact) mass is 728 g/mol. The summed E-state index contributed by atoms with van der Waals surface area (Å²) in [5.74, 6) is -0.804. The molecule has 4 rings (SSSR count). The second-order valence-corrected chi connectivity index (χ2v) is 12.7. The summed E-state index contributed by atoms with van der Waals surface area (Å²) < 4.78 is 0. The Hall–Kier alpha value is -5.67. The smallest absolute Gasteiger partial charge is 0.321 e. The fourth-order valence-corrected chi connectivity index (χ4v) is 5.87. The van der Waals surface area contributed by atoms with Crippen LogP contribution in [0.15, 0.2) is 77.8 Å². The fourth-order valence-electron chi connectivity index (χ4n) is 5.87. The summed E-state index contributed by atoms with van der Waals surface area (Å²) >= 11 is 0. The summed E-state index contributed by atoms with van der Waals surface area (Å²) in [5, 5.41) is 26.7. The molecule has 284 valence electrons. The molecule has 11 N–H and O–H groups in total. The number of nitrogens with two attached hydrogens (primary N) is 2. The zero-order valence-corrected chi connectivity index (χ0v) is 30.2. The van der Waals surface area contributed by atoms with E-state index in [0.29, 0.717) is 39.0 Å². The van der Waals surface area contributed by atoms with E-state index in [9.17, 15) is 24.3 Å². The van der Waals surface area contributed by atoms with E-state index in [1.807, 2.05) is 36.4 Å². The molecular formula is C38H52N10O5. The van der Waals surface area contributed by atoms with Crippen molar-refractivity contribution in [3.63, 3.8) is 0 Å². The maximum atomic E-state index is 14.4. The van der Waals surface area contributed by atoms with E-state index >= 15 is 0 Å². The molecule has 0 fully saturated rings. The molecular weight excluding hydrogens is 676 g/mol. The summed E-state index contributed by atoms with van der Waals surface area (Å²) in [6.07, 6.45) is 1.76. The van der Waals surface area contributed by atoms with Crippen molar-refractivity contribution in [2.75, 3.05) is 38.0 Å². The van der Waals surface area contributed by atoms with Gasteiger partial charge in [0.05, 0.1) is 0 Å². The van der Waals surface area contributed by atoms with Gasteiger partial charge in [-0.1, -0.05) is 55.5 Å². The molecule has 53 heavy (non-hydrogen) atoms. The Labute approximate surface area is 310 Å². The van der Waals surface area contributed by atoms with E-state index in [-0.39, 0.29) is 62.0 Å². The number of nitrogens with zero attached hydrogens (tertiary/aromatic N) is 2. The summed E-state index contributed by atoms with van der Waals surface area (Å²) in [7, 11) is 0. The molecule has 15 nitrogen and oxygen atoms in total. The Morgan fingerprint density at radius 1 is 0.868 bits per heavy atom. The van der Waals surface area contributed by atoms with Crippen molar-refractivity contribution in [2.24, 2.45) is 16.5 Å². The molecule has 5 amide bonds. The van der Waals surface area contributed by atoms with Crippen LogP contribution in [0, 0.1) is 0 Å². The number of phenolic OH excluding ortho intramolecular Hbond substituents is 1. The molecule has 1 aliphatic rings. The van der Waals surface area contributed by atoms with E-state index in [1.54, 1.807) is 31.2 Å². The topological polar surface area (TPSA) is 228 Å². The number of rotatable bonds is 19. The molecule has 1 aliphatic heterocycles. The van der Waals surface area contributed by atoms with Crippen molar-refractivity contribution in [1.29, 1.82) is 0 Å². The van der Waals surface area contributed by atoms with Crippen molar-refractivity contribution in [1.82, 2.24) is 31.5 Å². The lowest BCUT2D eigenvalue weighted by molar-refractivity contribution is -0.132. The van der Waals surface area contributed by atoms with Crippen molar-refractivity contribution >= 4 is 35.4 Å². The number of phenols is 1. The Bertz CT molecular complexity index is 1680. The van der Waals surface area contributed by atoms with Gasteiger partial charge in [0.25, 0.3) is 0 Å². The SMILES string of the molecule is CCC(=O)NCCNC(=O)NC(N)=NCCC[C@@H](NC(=O)[C@H](c1cccc(NCCCN)c1)N1Cc2ccccc2C1)C(=O)NCc1ccc(O)cc1. The number of carbonyl (C=O) groups excluding carboxylic acids is 4. The summed E-state index contributed by atoms with van der Waals surface area (Å²) in [5.41, 5.74) is 16.3. The van der Waals surface area contributed by atoms with Crippen LogP contribution >= 0.6 is 0 Å². The fraction of sp³-hybridized carbons (Fsp3) is 0.395. The van der Waals surface area contributed by atoms with E-state index in [0.717, 1.165) is 34.4 Å². The number of carbonyl (C=O) groups is 4. The van der Waals surface area contributed by atoms with Crippen LogP contribution in [0.1, 0.15) is 60.9 Å². The summed E-state index contributed by atoms with van der Waals surface area (Å²) in [6.45, 7) is 4.99. The number of nitrogens with one attached hydrogen (secondary N) is 6. The summed E-state index contributed by atoms with van der Waals surface area (Å²) in [4.78, 5) is 57.9. The third-order valence-corrected chi connectivity index (χ3v) is 8.66. The normalized spacial score (nSPS) is 13.7. The van der Waals surface area contributed by atoms with Crippen molar-refractivity contribution in [3.05, 3.63) is 95.1 Å². The molecule has 3 aromatic rings. The third-order valence-electron chi connectivity index (χ3n) is 8.66. The second-order valence-electron chi connectivity index (χ2n) is 12.7. The first-order valence-corrected chi connectivity index (χ1v) is 18.0. The molecule has 0 spiro atoms. The number of urea groups is 1. The molecule has 1 heterocycles. The second kappa shape index (κ2) is 21.0. The molecule has 0 radical (unpaired) electrons. The van der Waals surface area contributed by atoms with E-state index < -0.39 is 18.1 Å². The number of aromatic hydroxyl groups is 1. The number of guanidine groups is 1. The maximum absolute atomic E-state index is 14.4.